The number of hydrogen-bond donors (Lipinski definition) is 12. The van der Waals surface area contributed by atoms with E-state index in [4.69, 9.17) is 24.9 Å². The van der Waals surface area contributed by atoms with Crippen molar-refractivity contribution in [3.05, 3.63) is 295 Å². The van der Waals surface area contributed by atoms with E-state index in [1.54, 1.807) is 0 Å². The first-order valence-electron chi connectivity index (χ1n) is 43.7. The summed E-state index contributed by atoms with van der Waals surface area (Å²) in [6, 6.07) is 70.0. The van der Waals surface area contributed by atoms with Gasteiger partial charge in [0.2, 0.25) is 0 Å². The van der Waals surface area contributed by atoms with E-state index in [-0.39, 0.29) is 0 Å². The molecule has 0 amide bonds. The number of hydrogen-bond acceptors (Lipinski definition) is 19. The van der Waals surface area contributed by atoms with Crippen molar-refractivity contribution in [1.29, 1.82) is 0 Å². The van der Waals surface area contributed by atoms with Crippen LogP contribution in [0.1, 0.15) is 45.0 Å². The molecular formula is C101H81N31. The molecule has 0 spiro atoms. The standard InChI is InChI=1S/C26H21N7.3C25H20N8/c1-33-23-14-27-12-15-4-2-5-16(10-15)18-6-3-7-22-24(18)30-26(29-22)25-19-11-17(20(23)13-28-33)8-9-21(19)31-32-25;1-33-21-13-26-10-14-4-2-5-15(8-14)17-6-3-7-20-22(17)30-25(29-20)23-18-9-16(19(21)12-28-33)11-27-24(18)32-31-23;1-33-22-13-26-10-14-4-2-5-15(8-14)16-6-3-7-19-23(16)30-25(29-19)24-17-9-20(18(22)11-28-33)27-12-21(17)31-32-24;1-33-22-13-26-9-14-3-2-4-15(7-14)19-10-27-12-21-23(19)30-25(29-21)24-17-8-16(18(22)11-28-33)5-6-20(17)31-32-24/h2-11,13,27H,12,14H2,1H3,(H,29,30)(H,31,32);2-9,11-12,26H,10,13H2,1H3,(H,29,30)(H,27,31,32);2-9,11-12,26H,10,13H2,1H3,(H,29,30)(H,31,32);2-8,10-12,26H,9,13H2,1H3,(H,29,30)(H,31,32). The number of aryl methyl sites for hydroxylation is 4. The Hall–Kier alpha value is -17.1. The topological polar surface area (TPSA) is 388 Å². The van der Waals surface area contributed by atoms with Gasteiger partial charge in [-0.3, -0.25) is 49.1 Å². The zero-order valence-corrected chi connectivity index (χ0v) is 71.8. The van der Waals surface area contributed by atoms with E-state index < -0.39 is 0 Å². The molecule has 31 nitrogen and oxygen atoms in total. The van der Waals surface area contributed by atoms with E-state index in [0.717, 1.165) is 273 Å². The molecule has 0 radical (unpaired) electrons. The fourth-order valence-corrected chi connectivity index (χ4v) is 18.9. The molecule has 0 atom stereocenters. The minimum atomic E-state index is 0.659. The van der Waals surface area contributed by atoms with Gasteiger partial charge in [0.05, 0.1) is 132 Å². The fourth-order valence-electron chi connectivity index (χ4n) is 18.9. The predicted octanol–water partition coefficient (Wildman–Crippen LogP) is 17.3. The Kier molecular flexibility index (Phi) is 18.4. The first kappa shape index (κ1) is 77.2. The fraction of sp³-hybridized carbons (Fsp3) is 0.119. The molecule has 24 bridgehead atoms. The summed E-state index contributed by atoms with van der Waals surface area (Å²) in [5.41, 5.74) is 40.8. The maximum absolute atomic E-state index is 5.01. The minimum absolute atomic E-state index is 0.659. The van der Waals surface area contributed by atoms with Crippen LogP contribution in [-0.2, 0) is 80.5 Å². The van der Waals surface area contributed by atoms with E-state index >= 15 is 0 Å². The smallest absolute Gasteiger partial charge is 0.181 e. The number of aromatic nitrogens is 27. The summed E-state index contributed by atoms with van der Waals surface area (Å²) >= 11 is 0. The monoisotopic (exact) mass is 1730 g/mol. The van der Waals surface area contributed by atoms with Crippen LogP contribution in [0.15, 0.2) is 250 Å². The van der Waals surface area contributed by atoms with Crippen molar-refractivity contribution in [2.75, 3.05) is 0 Å². The molecule has 0 saturated heterocycles. The SMILES string of the molecule is Cn1ncc2c1CNCc1cccc(c1)-c1cccc3[nH]c(nc13)-c1[nH]nc3ncc-2cc13.Cn1ncc2c1CNCc1cccc(c1)-c1cccc3[nH]c(nc13)-c1n[nH]c3ccc-2cc13.Cn1ncc2c1CNCc1cccc(c1)-c1cccc3[nH]c(nc13)-c1n[nH]c3cnc-2cc13.Cn1ncc2c1CNCc1cccc(c1)-c1cncc3[nH]c(nc13)-c1n[nH]c3ccc-2cc13. The lowest BCUT2D eigenvalue weighted by atomic mass is 10.0. The summed E-state index contributed by atoms with van der Waals surface area (Å²) < 4.78 is 7.71. The number of benzene rings is 9. The molecule has 28 rings (SSSR count). The Morgan fingerprint density at radius 3 is 1.11 bits per heavy atom. The number of nitrogens with one attached hydrogen (secondary N) is 12. The Labute approximate surface area is 750 Å². The summed E-state index contributed by atoms with van der Waals surface area (Å²) in [4.78, 5) is 47.6. The molecule has 0 fully saturated rings. The highest BCUT2D eigenvalue weighted by atomic mass is 15.3. The third kappa shape index (κ3) is 13.6. The Balaban J connectivity index is 0.0000000945. The minimum Gasteiger partial charge on any atom is -0.337 e. The van der Waals surface area contributed by atoms with Crippen LogP contribution in [0.3, 0.4) is 0 Å². The second-order valence-corrected chi connectivity index (χ2v) is 33.8. The number of nitrogens with zero attached hydrogens (tertiary/aromatic N) is 19. The molecule has 31 heteroatoms. The maximum atomic E-state index is 5.01. The highest BCUT2D eigenvalue weighted by molar-refractivity contribution is 6.03. The molecule has 19 heterocycles. The summed E-state index contributed by atoms with van der Waals surface area (Å²) in [5, 5.41) is 67.2. The zero-order chi connectivity index (χ0) is 87.8. The van der Waals surface area contributed by atoms with Gasteiger partial charge in [-0.15, -0.1) is 0 Å². The van der Waals surface area contributed by atoms with Gasteiger partial charge in [0.25, 0.3) is 0 Å². The summed E-state index contributed by atoms with van der Waals surface area (Å²) in [6.45, 7) is 5.83. The maximum Gasteiger partial charge on any atom is 0.181 e. The second kappa shape index (κ2) is 31.4. The molecule has 640 valence electrons. The average molecular weight is 1730 g/mol. The van der Waals surface area contributed by atoms with Crippen molar-refractivity contribution in [3.63, 3.8) is 0 Å². The number of fused-ring (bicyclic) bond motifs is 32. The molecule has 0 unspecified atom stereocenters. The third-order valence-electron chi connectivity index (χ3n) is 25.7. The highest BCUT2D eigenvalue weighted by Crippen LogP contribution is 2.42. The molecule has 4 aliphatic heterocycles. The van der Waals surface area contributed by atoms with Gasteiger partial charge in [0, 0.05) is 159 Å². The lowest BCUT2D eigenvalue weighted by Gasteiger charge is -2.10. The van der Waals surface area contributed by atoms with Crippen LogP contribution in [0.25, 0.3) is 223 Å². The van der Waals surface area contributed by atoms with Crippen molar-refractivity contribution in [1.82, 2.24) is 156 Å². The van der Waals surface area contributed by atoms with Crippen LogP contribution < -0.4 is 21.3 Å². The van der Waals surface area contributed by atoms with E-state index in [1.165, 1.54) is 22.3 Å². The van der Waals surface area contributed by atoms with Crippen LogP contribution >= 0.6 is 0 Å². The average Bonchev–Trinajstić information content (AvgIpc) is 1.62. The van der Waals surface area contributed by atoms with Crippen LogP contribution in [0.4, 0.5) is 0 Å². The zero-order valence-electron chi connectivity index (χ0n) is 71.8. The van der Waals surface area contributed by atoms with Crippen molar-refractivity contribution >= 4 is 87.9 Å². The van der Waals surface area contributed by atoms with Crippen molar-refractivity contribution < 1.29 is 0 Å². The van der Waals surface area contributed by atoms with Gasteiger partial charge in [-0.25, -0.2) is 24.9 Å². The van der Waals surface area contributed by atoms with Crippen molar-refractivity contribution in [2.45, 2.75) is 52.4 Å². The number of pyridine rings is 3. The van der Waals surface area contributed by atoms with Gasteiger partial charge in [-0.1, -0.05) is 121 Å². The van der Waals surface area contributed by atoms with Crippen molar-refractivity contribution in [2.24, 2.45) is 28.2 Å². The Morgan fingerprint density at radius 2 is 0.636 bits per heavy atom. The molecule has 0 saturated carbocycles. The first-order valence-corrected chi connectivity index (χ1v) is 43.7. The van der Waals surface area contributed by atoms with E-state index in [9.17, 15) is 0 Å². The van der Waals surface area contributed by atoms with Gasteiger partial charge in [0.15, 0.2) is 28.9 Å². The molecule has 24 aromatic rings. The molecule has 12 N–H and O–H groups in total. The van der Waals surface area contributed by atoms with Crippen LogP contribution in [-0.4, -0.2) is 135 Å². The normalized spacial score (nSPS) is 13.2. The molecule has 0 aliphatic carbocycles. The highest BCUT2D eigenvalue weighted by Gasteiger charge is 2.26. The molecule has 9 aromatic carbocycles. The first-order chi connectivity index (χ1) is 65.0. The number of imidazole rings is 4. The van der Waals surface area contributed by atoms with Gasteiger partial charge in [0.1, 0.15) is 22.8 Å². The molecule has 4 aliphatic rings. The van der Waals surface area contributed by atoms with Gasteiger partial charge >= 0.3 is 0 Å². The van der Waals surface area contributed by atoms with Gasteiger partial charge < -0.3 is 41.2 Å². The van der Waals surface area contributed by atoms with E-state index in [2.05, 4.69) is 313 Å². The lowest BCUT2D eigenvalue weighted by molar-refractivity contribution is 0.627. The summed E-state index contributed by atoms with van der Waals surface area (Å²) in [7, 11) is 7.92. The van der Waals surface area contributed by atoms with Crippen LogP contribution in [0.5, 0.6) is 0 Å². The molecule has 132 heavy (non-hydrogen) atoms. The Morgan fingerprint density at radius 1 is 0.258 bits per heavy atom. The van der Waals surface area contributed by atoms with Gasteiger partial charge in [-0.2, -0.15) is 40.8 Å². The molecule has 15 aromatic heterocycles. The van der Waals surface area contributed by atoms with E-state index in [0.29, 0.717) is 25.3 Å². The summed E-state index contributed by atoms with van der Waals surface area (Å²) in [6.07, 6.45) is 15.0. The second-order valence-electron chi connectivity index (χ2n) is 33.8. The van der Waals surface area contributed by atoms with Crippen LogP contribution in [0.2, 0.25) is 0 Å². The number of aromatic amines is 8. The largest absolute Gasteiger partial charge is 0.337 e. The number of para-hydroxylation sites is 3. The number of H-pyrrole nitrogens is 8. The number of rotatable bonds is 0. The van der Waals surface area contributed by atoms with Crippen LogP contribution in [0, 0.1) is 0 Å². The van der Waals surface area contributed by atoms with E-state index in [1.807, 2.05) is 96.5 Å². The third-order valence-corrected chi connectivity index (χ3v) is 25.7. The quantitative estimate of drug-likeness (QED) is 0.0671. The van der Waals surface area contributed by atoms with Gasteiger partial charge in [-0.05, 0) is 134 Å². The predicted molar refractivity (Wildman–Crippen MR) is 511 cm³/mol. The van der Waals surface area contributed by atoms with Crippen molar-refractivity contribution in [3.8, 4) is 135 Å². The lowest BCUT2D eigenvalue weighted by Crippen LogP contribution is -2.16. The molecular weight excluding hydrogens is 1650 g/mol. The summed E-state index contributed by atoms with van der Waals surface area (Å²) in [5.74, 6) is 2.96. The Bertz CT molecular complexity index is 7670.